The van der Waals surface area contributed by atoms with E-state index in [0.29, 0.717) is 29.7 Å². The second-order valence-corrected chi connectivity index (χ2v) is 8.21. The second kappa shape index (κ2) is 7.37. The van der Waals surface area contributed by atoms with E-state index >= 15 is 0 Å². The van der Waals surface area contributed by atoms with Gasteiger partial charge < -0.3 is 15.2 Å². The number of carbonyl (C=O) groups excluding carboxylic acids is 2. The lowest BCUT2D eigenvalue weighted by molar-refractivity contribution is -0.0227. The summed E-state index contributed by atoms with van der Waals surface area (Å²) in [5.41, 5.74) is 0.409. The fourth-order valence-corrected chi connectivity index (χ4v) is 5.52. The van der Waals surface area contributed by atoms with Gasteiger partial charge in [-0.25, -0.2) is 4.79 Å². The third-order valence-electron chi connectivity index (χ3n) is 5.32. The van der Waals surface area contributed by atoms with E-state index in [0.717, 1.165) is 0 Å². The Labute approximate surface area is 162 Å². The maximum atomic E-state index is 12.6. The Morgan fingerprint density at radius 2 is 1.67 bits per heavy atom. The van der Waals surface area contributed by atoms with Crippen LogP contribution in [0.4, 0.5) is 0 Å². The predicted octanol–water partition coefficient (Wildman–Crippen LogP) is 2.65. The molecule has 2 N–H and O–H groups in total. The Balaban J connectivity index is 1.44. The molecule has 2 bridgehead atoms. The van der Waals surface area contributed by atoms with E-state index in [1.165, 1.54) is 0 Å². The number of esters is 1. The third-order valence-corrected chi connectivity index (χ3v) is 6.95. The number of thioether (sulfide) groups is 1. The van der Waals surface area contributed by atoms with Crippen LogP contribution in [0, 0.1) is 0 Å². The first-order valence-corrected chi connectivity index (χ1v) is 10.1. The molecule has 140 valence electrons. The first-order chi connectivity index (χ1) is 13.1. The summed E-state index contributed by atoms with van der Waals surface area (Å²) in [5.74, 6) is 0.0494. The number of amides is 1. The largest absolute Gasteiger partial charge is 0.457 e. The van der Waals surface area contributed by atoms with Crippen molar-refractivity contribution in [3.63, 3.8) is 0 Å². The number of benzene rings is 2. The molecule has 1 saturated heterocycles. The fourth-order valence-electron chi connectivity index (χ4n) is 3.80. The zero-order valence-electron chi connectivity index (χ0n) is 14.7. The van der Waals surface area contributed by atoms with Crippen LogP contribution in [-0.2, 0) is 4.74 Å². The topological polar surface area (TPSA) is 75.6 Å². The van der Waals surface area contributed by atoms with Gasteiger partial charge in [0.2, 0.25) is 0 Å². The monoisotopic (exact) mass is 383 g/mol. The molecule has 2 aliphatic rings. The molecule has 2 fully saturated rings. The van der Waals surface area contributed by atoms with E-state index < -0.39 is 11.6 Å². The molecular formula is C21H21NO4S. The molecule has 0 radical (unpaired) electrons. The van der Waals surface area contributed by atoms with Crippen LogP contribution in [0.1, 0.15) is 33.6 Å². The van der Waals surface area contributed by atoms with E-state index in [-0.39, 0.29) is 23.2 Å². The molecule has 1 saturated carbocycles. The Morgan fingerprint density at radius 1 is 1.04 bits per heavy atom. The molecule has 5 nitrogen and oxygen atoms in total. The highest BCUT2D eigenvalue weighted by molar-refractivity contribution is 8.00. The van der Waals surface area contributed by atoms with Gasteiger partial charge in [0.05, 0.1) is 22.5 Å². The average Bonchev–Trinajstić information content (AvgIpc) is 2.90. The summed E-state index contributed by atoms with van der Waals surface area (Å²) in [6, 6.07) is 17.9. The van der Waals surface area contributed by atoms with Gasteiger partial charge in [0.25, 0.3) is 5.91 Å². The van der Waals surface area contributed by atoms with Gasteiger partial charge >= 0.3 is 5.97 Å². The van der Waals surface area contributed by atoms with Gasteiger partial charge in [-0.15, -0.1) is 11.8 Å². The van der Waals surface area contributed by atoms with Crippen LogP contribution < -0.4 is 5.32 Å². The molecule has 1 heterocycles. The Morgan fingerprint density at radius 3 is 2.33 bits per heavy atom. The quantitative estimate of drug-likeness (QED) is 0.794. The lowest BCUT2D eigenvalue weighted by atomic mass is 9.79. The smallest absolute Gasteiger partial charge is 0.338 e. The standard InChI is InChI=1S/C21H21NO4S/c23-18-17-16(26-20(25)15-9-5-2-6-10-15)11-12-21(18,13-27-17)22-19(24)14-7-3-1-4-8-14/h1-10,16-18,23H,11-13H2,(H,22,24)/t16-,17+,18+,21-/m0/s1. The molecule has 1 aliphatic heterocycles. The van der Waals surface area contributed by atoms with Gasteiger partial charge in [0.1, 0.15) is 6.10 Å². The normalized spacial score (nSPS) is 29.1. The number of carbonyl (C=O) groups is 2. The number of ether oxygens (including phenoxy) is 1. The summed E-state index contributed by atoms with van der Waals surface area (Å²) in [6.45, 7) is 0. The molecule has 4 atom stereocenters. The number of hydrogen-bond acceptors (Lipinski definition) is 5. The lowest BCUT2D eigenvalue weighted by Crippen LogP contribution is -2.61. The van der Waals surface area contributed by atoms with Gasteiger partial charge in [-0.2, -0.15) is 0 Å². The van der Waals surface area contributed by atoms with E-state index in [1.807, 2.05) is 24.3 Å². The summed E-state index contributed by atoms with van der Waals surface area (Å²) < 4.78 is 5.68. The fraction of sp³-hybridized carbons (Fsp3) is 0.333. The Bertz CT molecular complexity index is 829. The van der Waals surface area contributed by atoms with Crippen LogP contribution in [0.25, 0.3) is 0 Å². The maximum absolute atomic E-state index is 12.6. The van der Waals surface area contributed by atoms with Crippen molar-refractivity contribution in [3.05, 3.63) is 71.8 Å². The SMILES string of the molecule is O=C(N[C@@]12CC[C@H](OC(=O)c3ccccc3)[C@@H](SC1)[C@H]2O)c1ccccc1. The summed E-state index contributed by atoms with van der Waals surface area (Å²) >= 11 is 1.56. The molecular weight excluding hydrogens is 362 g/mol. The van der Waals surface area contributed by atoms with Crippen molar-refractivity contribution in [1.82, 2.24) is 5.32 Å². The number of aliphatic hydroxyl groups is 1. The minimum atomic E-state index is -0.752. The first kappa shape index (κ1) is 18.1. The highest BCUT2D eigenvalue weighted by atomic mass is 32.2. The van der Waals surface area contributed by atoms with Gasteiger partial charge in [-0.1, -0.05) is 36.4 Å². The molecule has 6 heteroatoms. The van der Waals surface area contributed by atoms with Crippen molar-refractivity contribution in [2.24, 2.45) is 0 Å². The summed E-state index contributed by atoms with van der Waals surface area (Å²) in [4.78, 5) is 24.9. The number of nitrogens with one attached hydrogen (secondary N) is 1. The first-order valence-electron chi connectivity index (χ1n) is 9.02. The molecule has 0 aromatic heterocycles. The molecule has 1 amide bonds. The van der Waals surface area contributed by atoms with Gasteiger partial charge in [0.15, 0.2) is 0 Å². The van der Waals surface area contributed by atoms with Crippen molar-refractivity contribution in [3.8, 4) is 0 Å². The van der Waals surface area contributed by atoms with Gasteiger partial charge in [0, 0.05) is 11.3 Å². The molecule has 2 aromatic carbocycles. The van der Waals surface area contributed by atoms with Gasteiger partial charge in [-0.3, -0.25) is 4.79 Å². The van der Waals surface area contributed by atoms with Crippen LogP contribution in [0.5, 0.6) is 0 Å². The summed E-state index contributed by atoms with van der Waals surface area (Å²) in [5, 5.41) is 13.7. The number of fused-ring (bicyclic) bond motifs is 2. The molecule has 27 heavy (non-hydrogen) atoms. The minimum absolute atomic E-state index is 0.185. The Hall–Kier alpha value is -2.31. The number of hydrogen-bond donors (Lipinski definition) is 2. The van der Waals surface area contributed by atoms with Crippen LogP contribution in [0.2, 0.25) is 0 Å². The van der Waals surface area contributed by atoms with E-state index in [4.69, 9.17) is 4.74 Å². The van der Waals surface area contributed by atoms with Gasteiger partial charge in [-0.05, 0) is 37.1 Å². The van der Waals surface area contributed by atoms with Crippen molar-refractivity contribution < 1.29 is 19.4 Å². The molecule has 0 unspecified atom stereocenters. The van der Waals surface area contributed by atoms with Crippen molar-refractivity contribution in [2.75, 3.05) is 5.75 Å². The molecule has 1 aliphatic carbocycles. The molecule has 2 aromatic rings. The highest BCUT2D eigenvalue weighted by Crippen LogP contribution is 2.46. The van der Waals surface area contributed by atoms with E-state index in [1.54, 1.807) is 48.2 Å². The van der Waals surface area contributed by atoms with E-state index in [2.05, 4.69) is 5.32 Å². The van der Waals surface area contributed by atoms with Crippen molar-refractivity contribution >= 4 is 23.6 Å². The third kappa shape index (κ3) is 3.47. The van der Waals surface area contributed by atoms with Crippen LogP contribution in [0.3, 0.4) is 0 Å². The maximum Gasteiger partial charge on any atom is 0.338 e. The number of aliphatic hydroxyl groups excluding tert-OH is 1. The number of rotatable bonds is 4. The predicted molar refractivity (Wildman–Crippen MR) is 104 cm³/mol. The molecule has 4 rings (SSSR count). The zero-order chi connectivity index (χ0) is 18.9. The molecule has 0 spiro atoms. The summed E-state index contributed by atoms with van der Waals surface area (Å²) in [7, 11) is 0. The lowest BCUT2D eigenvalue weighted by Gasteiger charge is -2.40. The Kier molecular flexibility index (Phi) is 4.93. The second-order valence-electron chi connectivity index (χ2n) is 7.05. The summed E-state index contributed by atoms with van der Waals surface area (Å²) in [6.07, 6.45) is 0.0742. The van der Waals surface area contributed by atoms with Crippen molar-refractivity contribution in [2.45, 2.75) is 35.8 Å². The average molecular weight is 383 g/mol. The minimum Gasteiger partial charge on any atom is -0.457 e. The van der Waals surface area contributed by atoms with E-state index in [9.17, 15) is 14.7 Å². The van der Waals surface area contributed by atoms with Crippen LogP contribution in [0.15, 0.2) is 60.7 Å². The highest BCUT2D eigenvalue weighted by Gasteiger charge is 2.56. The van der Waals surface area contributed by atoms with Crippen LogP contribution >= 0.6 is 11.8 Å². The van der Waals surface area contributed by atoms with Crippen LogP contribution in [-0.4, -0.2) is 45.7 Å². The van der Waals surface area contributed by atoms with Crippen molar-refractivity contribution in [1.29, 1.82) is 0 Å². The zero-order valence-corrected chi connectivity index (χ0v) is 15.5.